The van der Waals surface area contributed by atoms with Crippen LogP contribution in [0.1, 0.15) is 32.6 Å². The lowest BCUT2D eigenvalue weighted by Crippen LogP contribution is -2.48. The second-order valence-corrected chi connectivity index (χ2v) is 7.30. The van der Waals surface area contributed by atoms with E-state index in [9.17, 15) is 14.4 Å². The first-order valence-corrected chi connectivity index (χ1v) is 9.92. The summed E-state index contributed by atoms with van der Waals surface area (Å²) >= 11 is 0.776. The van der Waals surface area contributed by atoms with Crippen molar-refractivity contribution in [2.45, 2.75) is 19.5 Å². The van der Waals surface area contributed by atoms with Crippen LogP contribution in [0, 0.1) is 0 Å². The average Bonchev–Trinajstić information content (AvgIpc) is 3.15. The smallest absolute Gasteiger partial charge is 0.272 e. The Hall–Kier alpha value is -3.72. The number of carbonyl (C=O) groups is 3. The molecule has 1 atom stereocenters. The van der Waals surface area contributed by atoms with Crippen molar-refractivity contribution in [1.29, 1.82) is 0 Å². The summed E-state index contributed by atoms with van der Waals surface area (Å²) in [7, 11) is 0. The number of carbonyl (C=O) groups excluding carboxylic acids is 3. The fourth-order valence-corrected chi connectivity index (χ4v) is 3.64. The van der Waals surface area contributed by atoms with Gasteiger partial charge in [0.2, 0.25) is 5.91 Å². The zero-order valence-electron chi connectivity index (χ0n) is 16.2. The molecule has 1 unspecified atom stereocenters. The third-order valence-electron chi connectivity index (χ3n) is 4.49. The molecule has 8 nitrogen and oxygen atoms in total. The molecule has 30 heavy (non-hydrogen) atoms. The molecule has 3 rings (SSSR count). The molecule has 0 spiro atoms. The molecular formula is C21H21N5O3S. The van der Waals surface area contributed by atoms with Crippen molar-refractivity contribution in [3.05, 3.63) is 76.8 Å². The van der Waals surface area contributed by atoms with Gasteiger partial charge in [-0.05, 0) is 36.2 Å². The first-order valence-electron chi connectivity index (χ1n) is 9.15. The van der Waals surface area contributed by atoms with Crippen LogP contribution >= 0.6 is 11.5 Å². The lowest BCUT2D eigenvalue weighted by molar-refractivity contribution is -0.122. The van der Waals surface area contributed by atoms with E-state index in [2.05, 4.69) is 9.69 Å². The summed E-state index contributed by atoms with van der Waals surface area (Å²) in [6, 6.07) is 17.4. The highest BCUT2D eigenvalue weighted by Crippen LogP contribution is 2.27. The van der Waals surface area contributed by atoms with Gasteiger partial charge in [-0.3, -0.25) is 19.3 Å². The number of para-hydroxylation sites is 1. The molecule has 3 aromatic rings. The van der Waals surface area contributed by atoms with E-state index >= 15 is 0 Å². The molecule has 0 fully saturated rings. The van der Waals surface area contributed by atoms with Crippen molar-refractivity contribution < 1.29 is 14.4 Å². The molecule has 1 aromatic heterocycles. The second kappa shape index (κ2) is 9.19. The van der Waals surface area contributed by atoms with Crippen LogP contribution in [0.2, 0.25) is 0 Å². The van der Waals surface area contributed by atoms with E-state index in [4.69, 9.17) is 11.5 Å². The summed E-state index contributed by atoms with van der Waals surface area (Å²) in [5, 5.41) is 2.84. The van der Waals surface area contributed by atoms with E-state index in [1.807, 2.05) is 30.3 Å². The molecule has 9 heteroatoms. The Labute approximate surface area is 177 Å². The number of rotatable bonds is 7. The van der Waals surface area contributed by atoms with Gasteiger partial charge in [-0.2, -0.15) is 4.37 Å². The van der Waals surface area contributed by atoms with Crippen LogP contribution in [0.3, 0.4) is 0 Å². The van der Waals surface area contributed by atoms with Gasteiger partial charge in [-0.1, -0.05) is 48.5 Å². The summed E-state index contributed by atoms with van der Waals surface area (Å²) in [6.07, 6.45) is 0. The van der Waals surface area contributed by atoms with Crippen LogP contribution < -0.4 is 21.7 Å². The summed E-state index contributed by atoms with van der Waals surface area (Å²) in [5.74, 6) is -1.69. The number of nitrogens with two attached hydrogens (primary N) is 2. The molecule has 0 saturated carbocycles. The van der Waals surface area contributed by atoms with E-state index in [0.29, 0.717) is 12.2 Å². The quantitative estimate of drug-likeness (QED) is 0.536. The molecule has 2 aromatic carbocycles. The number of hydrogen-bond acceptors (Lipinski definition) is 6. The summed E-state index contributed by atoms with van der Waals surface area (Å²) in [5.41, 5.74) is 12.4. The SMILES string of the molecule is CC(C(=O)NCc1ccccc1)N(C(=O)c1snc(C(N)=O)c1N)c1ccccc1. The van der Waals surface area contributed by atoms with Crippen molar-refractivity contribution in [1.82, 2.24) is 9.69 Å². The van der Waals surface area contributed by atoms with Crippen LogP contribution in [-0.4, -0.2) is 28.1 Å². The van der Waals surface area contributed by atoms with Gasteiger partial charge in [0, 0.05) is 12.2 Å². The van der Waals surface area contributed by atoms with Gasteiger partial charge < -0.3 is 16.8 Å². The lowest BCUT2D eigenvalue weighted by Gasteiger charge is -2.28. The molecule has 154 valence electrons. The van der Waals surface area contributed by atoms with Gasteiger partial charge in [-0.15, -0.1) is 0 Å². The van der Waals surface area contributed by atoms with Crippen molar-refractivity contribution >= 4 is 40.6 Å². The predicted molar refractivity (Wildman–Crippen MR) is 116 cm³/mol. The normalized spacial score (nSPS) is 11.5. The average molecular weight is 423 g/mol. The van der Waals surface area contributed by atoms with Crippen molar-refractivity contribution in [2.24, 2.45) is 5.73 Å². The molecule has 0 saturated heterocycles. The number of anilines is 2. The van der Waals surface area contributed by atoms with Gasteiger partial charge in [0.1, 0.15) is 10.9 Å². The van der Waals surface area contributed by atoms with Gasteiger partial charge in [0.25, 0.3) is 11.8 Å². The van der Waals surface area contributed by atoms with Crippen LogP contribution in [0.15, 0.2) is 60.7 Å². The first kappa shape index (κ1) is 21.0. The molecule has 5 N–H and O–H groups in total. The van der Waals surface area contributed by atoms with E-state index in [1.165, 1.54) is 4.90 Å². The zero-order chi connectivity index (χ0) is 21.7. The summed E-state index contributed by atoms with van der Waals surface area (Å²) < 4.78 is 3.89. The number of aromatic nitrogens is 1. The van der Waals surface area contributed by atoms with Crippen molar-refractivity contribution in [2.75, 3.05) is 10.6 Å². The molecule has 1 heterocycles. The summed E-state index contributed by atoms with van der Waals surface area (Å²) in [6.45, 7) is 1.95. The topological polar surface area (TPSA) is 131 Å². The van der Waals surface area contributed by atoms with E-state index in [1.54, 1.807) is 37.3 Å². The van der Waals surface area contributed by atoms with Crippen molar-refractivity contribution in [3.8, 4) is 0 Å². The highest BCUT2D eigenvalue weighted by atomic mass is 32.1. The number of primary amides is 1. The predicted octanol–water partition coefficient (Wildman–Crippen LogP) is 2.18. The van der Waals surface area contributed by atoms with E-state index < -0.39 is 17.9 Å². The number of benzene rings is 2. The third kappa shape index (κ3) is 4.47. The van der Waals surface area contributed by atoms with Crippen LogP contribution in [0.4, 0.5) is 11.4 Å². The molecule has 0 radical (unpaired) electrons. The Morgan fingerprint density at radius 2 is 1.67 bits per heavy atom. The second-order valence-electron chi connectivity index (χ2n) is 6.53. The maximum Gasteiger partial charge on any atom is 0.272 e. The fourth-order valence-electron chi connectivity index (χ4n) is 2.89. The van der Waals surface area contributed by atoms with Crippen LogP contribution in [0.25, 0.3) is 0 Å². The Bertz CT molecular complexity index is 1050. The maximum atomic E-state index is 13.3. The highest BCUT2D eigenvalue weighted by molar-refractivity contribution is 7.09. The fraction of sp³-hybridized carbons (Fsp3) is 0.143. The number of amides is 3. The van der Waals surface area contributed by atoms with E-state index in [-0.39, 0.29) is 22.2 Å². The highest BCUT2D eigenvalue weighted by Gasteiger charge is 2.32. The number of nitrogens with one attached hydrogen (secondary N) is 1. The molecule has 0 aliphatic rings. The molecule has 0 aliphatic carbocycles. The largest absolute Gasteiger partial charge is 0.395 e. The Kier molecular flexibility index (Phi) is 6.43. The summed E-state index contributed by atoms with van der Waals surface area (Å²) in [4.78, 5) is 39.0. The Morgan fingerprint density at radius 3 is 2.23 bits per heavy atom. The van der Waals surface area contributed by atoms with Crippen molar-refractivity contribution in [3.63, 3.8) is 0 Å². The third-order valence-corrected chi connectivity index (χ3v) is 5.34. The lowest BCUT2D eigenvalue weighted by atomic mass is 10.1. The van der Waals surface area contributed by atoms with Gasteiger partial charge >= 0.3 is 0 Å². The molecule has 0 aliphatic heterocycles. The standard InChI is InChI=1S/C21H21N5O3S/c1-13(20(28)24-12-14-8-4-2-5-9-14)26(15-10-6-3-7-11-15)21(29)18-16(22)17(19(23)27)25-30-18/h2-11,13H,12,22H2,1H3,(H2,23,27)(H,24,28). The number of nitrogen functional groups attached to an aromatic ring is 1. The van der Waals surface area contributed by atoms with Gasteiger partial charge in [0.15, 0.2) is 5.69 Å². The Morgan fingerprint density at radius 1 is 1.07 bits per heavy atom. The van der Waals surface area contributed by atoms with Crippen LogP contribution in [-0.2, 0) is 11.3 Å². The molecular weight excluding hydrogens is 402 g/mol. The zero-order valence-corrected chi connectivity index (χ0v) is 17.1. The number of nitrogens with zero attached hydrogens (tertiary/aromatic N) is 2. The van der Waals surface area contributed by atoms with Crippen LogP contribution in [0.5, 0.6) is 0 Å². The maximum absolute atomic E-state index is 13.3. The minimum atomic E-state index is -0.845. The molecule has 0 bridgehead atoms. The molecule has 3 amide bonds. The van der Waals surface area contributed by atoms with E-state index in [0.717, 1.165) is 17.1 Å². The number of hydrogen-bond donors (Lipinski definition) is 3. The van der Waals surface area contributed by atoms with Gasteiger partial charge in [-0.25, -0.2) is 0 Å². The first-order chi connectivity index (χ1) is 14.4. The minimum absolute atomic E-state index is 0.0513. The monoisotopic (exact) mass is 423 g/mol. The Balaban J connectivity index is 1.88. The van der Waals surface area contributed by atoms with Gasteiger partial charge in [0.05, 0.1) is 5.69 Å². The minimum Gasteiger partial charge on any atom is -0.395 e.